The molecule has 5 nitrogen and oxygen atoms in total. The number of nitrogens with one attached hydrogen (secondary N) is 1. The molecule has 1 N–H and O–H groups in total. The van der Waals surface area contributed by atoms with Crippen LogP contribution in [0.15, 0.2) is 6.33 Å². The second-order valence-electron chi connectivity index (χ2n) is 2.80. The van der Waals surface area contributed by atoms with E-state index in [2.05, 4.69) is 20.8 Å². The van der Waals surface area contributed by atoms with Gasteiger partial charge in [0, 0.05) is 12.6 Å². The number of tetrazole rings is 1. The highest BCUT2D eigenvalue weighted by atomic mass is 15.5. The highest BCUT2D eigenvalue weighted by Crippen LogP contribution is 2.06. The maximum Gasteiger partial charge on any atom is 0.138 e. The maximum atomic E-state index is 3.77. The van der Waals surface area contributed by atoms with Gasteiger partial charge in [-0.25, -0.2) is 4.68 Å². The number of rotatable bonds is 3. The highest BCUT2D eigenvalue weighted by Gasteiger charge is 2.15. The van der Waals surface area contributed by atoms with Crippen molar-refractivity contribution in [2.24, 2.45) is 0 Å². The third-order valence-electron chi connectivity index (χ3n) is 2.02. The molecule has 2 rings (SSSR count). The van der Waals surface area contributed by atoms with Crippen molar-refractivity contribution >= 4 is 0 Å². The van der Waals surface area contributed by atoms with Crippen LogP contribution < -0.4 is 5.32 Å². The van der Waals surface area contributed by atoms with Crippen LogP contribution in [0, 0.1) is 0 Å². The summed E-state index contributed by atoms with van der Waals surface area (Å²) < 4.78 is 1.76. The van der Waals surface area contributed by atoms with Gasteiger partial charge in [0.05, 0.1) is 0 Å². The summed E-state index contributed by atoms with van der Waals surface area (Å²) in [7, 11) is 0. The van der Waals surface area contributed by atoms with Crippen LogP contribution in [0.1, 0.15) is 12.8 Å². The van der Waals surface area contributed by atoms with Crippen LogP contribution in [0.3, 0.4) is 0 Å². The van der Waals surface area contributed by atoms with E-state index >= 15 is 0 Å². The van der Waals surface area contributed by atoms with E-state index in [0.29, 0.717) is 6.04 Å². The van der Waals surface area contributed by atoms with Crippen LogP contribution in [0.5, 0.6) is 0 Å². The minimum Gasteiger partial charge on any atom is -0.314 e. The predicted octanol–water partition coefficient (Wildman–Crippen LogP) is -0.575. The van der Waals surface area contributed by atoms with Crippen molar-refractivity contribution in [2.45, 2.75) is 25.4 Å². The van der Waals surface area contributed by atoms with Crippen LogP contribution in [-0.4, -0.2) is 32.8 Å². The van der Waals surface area contributed by atoms with Crippen molar-refractivity contribution in [1.82, 2.24) is 25.5 Å². The fraction of sp³-hybridized carbons (Fsp3) is 0.833. The molecule has 11 heavy (non-hydrogen) atoms. The first-order valence-electron chi connectivity index (χ1n) is 3.89. The summed E-state index contributed by atoms with van der Waals surface area (Å²) in [5, 5.41) is 14.2. The van der Waals surface area contributed by atoms with E-state index in [1.165, 1.54) is 13.0 Å². The molecule has 1 unspecified atom stereocenters. The summed E-state index contributed by atoms with van der Waals surface area (Å²) >= 11 is 0. The quantitative estimate of drug-likeness (QED) is 0.631. The van der Waals surface area contributed by atoms with Gasteiger partial charge < -0.3 is 5.32 Å². The number of aromatic nitrogens is 4. The molecule has 0 radical (unpaired) electrons. The Kier molecular flexibility index (Phi) is 1.81. The largest absolute Gasteiger partial charge is 0.314 e. The molecule has 0 bridgehead atoms. The average molecular weight is 153 g/mol. The molecule has 5 heteroatoms. The van der Waals surface area contributed by atoms with Crippen molar-refractivity contribution in [3.05, 3.63) is 6.33 Å². The zero-order valence-electron chi connectivity index (χ0n) is 6.27. The Morgan fingerprint density at radius 3 is 3.09 bits per heavy atom. The lowest BCUT2D eigenvalue weighted by atomic mass is 10.0. The molecule has 2 heterocycles. The van der Waals surface area contributed by atoms with Gasteiger partial charge in [-0.15, -0.1) is 5.10 Å². The van der Waals surface area contributed by atoms with E-state index in [0.717, 1.165) is 13.0 Å². The van der Waals surface area contributed by atoms with Crippen molar-refractivity contribution in [2.75, 3.05) is 6.54 Å². The maximum absolute atomic E-state index is 3.77. The third-order valence-corrected chi connectivity index (χ3v) is 2.02. The number of aryl methyl sites for hydroxylation is 1. The second-order valence-corrected chi connectivity index (χ2v) is 2.80. The predicted molar refractivity (Wildman–Crippen MR) is 38.8 cm³/mol. The average Bonchev–Trinajstić information content (AvgIpc) is 2.36. The molecular formula is C6H11N5. The van der Waals surface area contributed by atoms with Gasteiger partial charge in [-0.3, -0.25) is 0 Å². The Balaban J connectivity index is 1.74. The Morgan fingerprint density at radius 2 is 2.55 bits per heavy atom. The Morgan fingerprint density at radius 1 is 1.64 bits per heavy atom. The molecule has 1 aromatic rings. The molecule has 0 aliphatic carbocycles. The normalized spacial score (nSPS) is 23.1. The molecule has 0 aromatic carbocycles. The fourth-order valence-corrected chi connectivity index (χ4v) is 1.17. The van der Waals surface area contributed by atoms with Crippen LogP contribution in [0.2, 0.25) is 0 Å². The van der Waals surface area contributed by atoms with Gasteiger partial charge in [-0.1, -0.05) is 0 Å². The van der Waals surface area contributed by atoms with Crippen LogP contribution >= 0.6 is 0 Å². The topological polar surface area (TPSA) is 55.6 Å². The fourth-order valence-electron chi connectivity index (χ4n) is 1.17. The standard InChI is InChI=1S/C6H11N5/c1-3-7-6(1)2-4-11-5-8-9-10-11/h5-7H,1-4H2. The van der Waals surface area contributed by atoms with E-state index in [1.54, 1.807) is 11.0 Å². The Bertz CT molecular complexity index is 203. The van der Waals surface area contributed by atoms with Crippen LogP contribution in [-0.2, 0) is 6.54 Å². The highest BCUT2D eigenvalue weighted by molar-refractivity contribution is 4.76. The monoisotopic (exact) mass is 153 g/mol. The Labute approximate surface area is 64.8 Å². The van der Waals surface area contributed by atoms with E-state index in [4.69, 9.17) is 0 Å². The van der Waals surface area contributed by atoms with Gasteiger partial charge in [0.15, 0.2) is 0 Å². The van der Waals surface area contributed by atoms with Crippen molar-refractivity contribution in [3.63, 3.8) is 0 Å². The third kappa shape index (κ3) is 1.54. The first-order chi connectivity index (χ1) is 5.45. The summed E-state index contributed by atoms with van der Waals surface area (Å²) in [6.07, 6.45) is 4.08. The van der Waals surface area contributed by atoms with Gasteiger partial charge >= 0.3 is 0 Å². The second kappa shape index (κ2) is 2.96. The van der Waals surface area contributed by atoms with Crippen molar-refractivity contribution in [1.29, 1.82) is 0 Å². The molecule has 1 atom stereocenters. The van der Waals surface area contributed by atoms with Crippen LogP contribution in [0.4, 0.5) is 0 Å². The Hall–Kier alpha value is -0.970. The minimum absolute atomic E-state index is 0.694. The van der Waals surface area contributed by atoms with E-state index in [1.807, 2.05) is 0 Å². The van der Waals surface area contributed by atoms with Crippen molar-refractivity contribution in [3.8, 4) is 0 Å². The molecule has 1 fully saturated rings. The van der Waals surface area contributed by atoms with Gasteiger partial charge in [-0.05, 0) is 29.8 Å². The lowest BCUT2D eigenvalue weighted by Gasteiger charge is -2.27. The van der Waals surface area contributed by atoms with Gasteiger partial charge in [0.2, 0.25) is 0 Å². The summed E-state index contributed by atoms with van der Waals surface area (Å²) in [5.74, 6) is 0. The van der Waals surface area contributed by atoms with Crippen LogP contribution in [0.25, 0.3) is 0 Å². The summed E-state index contributed by atoms with van der Waals surface area (Å²) in [4.78, 5) is 0. The molecule has 0 saturated carbocycles. The summed E-state index contributed by atoms with van der Waals surface area (Å²) in [6, 6.07) is 0.694. The molecule has 1 aromatic heterocycles. The van der Waals surface area contributed by atoms with Crippen molar-refractivity contribution < 1.29 is 0 Å². The minimum atomic E-state index is 0.694. The summed E-state index contributed by atoms with van der Waals surface area (Å²) in [6.45, 7) is 2.09. The van der Waals surface area contributed by atoms with E-state index < -0.39 is 0 Å². The summed E-state index contributed by atoms with van der Waals surface area (Å²) in [5.41, 5.74) is 0. The lowest BCUT2D eigenvalue weighted by molar-refractivity contribution is 0.328. The SMILES string of the molecule is c1nnnn1CCC1CCN1. The molecule has 0 spiro atoms. The lowest BCUT2D eigenvalue weighted by Crippen LogP contribution is -2.43. The molecule has 0 amide bonds. The first kappa shape index (κ1) is 6.72. The van der Waals surface area contributed by atoms with Gasteiger partial charge in [0.1, 0.15) is 6.33 Å². The smallest absolute Gasteiger partial charge is 0.138 e. The zero-order chi connectivity index (χ0) is 7.52. The number of hydrogen-bond acceptors (Lipinski definition) is 4. The first-order valence-corrected chi connectivity index (χ1v) is 3.89. The van der Waals surface area contributed by atoms with Gasteiger partial charge in [0.25, 0.3) is 0 Å². The van der Waals surface area contributed by atoms with Gasteiger partial charge in [-0.2, -0.15) is 0 Å². The number of nitrogens with zero attached hydrogens (tertiary/aromatic N) is 4. The van der Waals surface area contributed by atoms with E-state index in [9.17, 15) is 0 Å². The number of hydrogen-bond donors (Lipinski definition) is 1. The van der Waals surface area contributed by atoms with E-state index in [-0.39, 0.29) is 0 Å². The molecular weight excluding hydrogens is 142 g/mol. The molecule has 1 aliphatic heterocycles. The molecule has 1 saturated heterocycles. The molecule has 1 aliphatic rings. The zero-order valence-corrected chi connectivity index (χ0v) is 6.27. The molecule has 60 valence electrons.